The van der Waals surface area contributed by atoms with E-state index < -0.39 is 0 Å². The standard InChI is InChI=1S/C19H20N2/c1-3-14-7-4-5-9-16(14)19(20-2)17-10-6-8-15-11-12-21-13-18(15)17/h4-13,19-20H,3H2,1-2H3. The summed E-state index contributed by atoms with van der Waals surface area (Å²) in [6.45, 7) is 2.20. The lowest BCUT2D eigenvalue weighted by atomic mass is 9.91. The van der Waals surface area contributed by atoms with E-state index in [-0.39, 0.29) is 6.04 Å². The minimum atomic E-state index is 0.189. The maximum Gasteiger partial charge on any atom is 0.0583 e. The molecule has 1 N–H and O–H groups in total. The summed E-state index contributed by atoms with van der Waals surface area (Å²) in [4.78, 5) is 4.30. The Balaban J connectivity index is 2.19. The highest BCUT2D eigenvalue weighted by atomic mass is 14.9. The van der Waals surface area contributed by atoms with Crippen LogP contribution < -0.4 is 5.32 Å². The second-order valence-electron chi connectivity index (χ2n) is 5.22. The number of fused-ring (bicyclic) bond motifs is 1. The zero-order valence-electron chi connectivity index (χ0n) is 12.5. The van der Waals surface area contributed by atoms with Gasteiger partial charge in [0.25, 0.3) is 0 Å². The molecule has 1 aromatic heterocycles. The van der Waals surface area contributed by atoms with Crippen LogP contribution in [0.25, 0.3) is 10.8 Å². The topological polar surface area (TPSA) is 24.9 Å². The first kappa shape index (κ1) is 13.8. The van der Waals surface area contributed by atoms with Gasteiger partial charge in [-0.1, -0.05) is 49.4 Å². The first-order valence-corrected chi connectivity index (χ1v) is 7.43. The Bertz CT molecular complexity index is 744. The quantitative estimate of drug-likeness (QED) is 0.776. The Morgan fingerprint density at radius 3 is 2.62 bits per heavy atom. The van der Waals surface area contributed by atoms with Gasteiger partial charge in [-0.3, -0.25) is 4.98 Å². The summed E-state index contributed by atoms with van der Waals surface area (Å²) in [7, 11) is 2.02. The van der Waals surface area contributed by atoms with Crippen molar-refractivity contribution in [3.8, 4) is 0 Å². The van der Waals surface area contributed by atoms with Crippen LogP contribution in [0.5, 0.6) is 0 Å². The number of nitrogens with one attached hydrogen (secondary N) is 1. The van der Waals surface area contributed by atoms with E-state index in [1.165, 1.54) is 27.5 Å². The molecular weight excluding hydrogens is 256 g/mol. The number of aryl methyl sites for hydroxylation is 1. The summed E-state index contributed by atoms with van der Waals surface area (Å²) < 4.78 is 0. The second kappa shape index (κ2) is 6.06. The van der Waals surface area contributed by atoms with E-state index in [0.29, 0.717) is 0 Å². The maximum atomic E-state index is 4.30. The number of benzene rings is 2. The van der Waals surface area contributed by atoms with Crippen LogP contribution in [0.4, 0.5) is 0 Å². The third-order valence-corrected chi connectivity index (χ3v) is 4.06. The number of aromatic nitrogens is 1. The molecule has 0 aliphatic rings. The fraction of sp³-hybridized carbons (Fsp3) is 0.211. The highest BCUT2D eigenvalue weighted by Crippen LogP contribution is 2.30. The van der Waals surface area contributed by atoms with Gasteiger partial charge in [-0.25, -0.2) is 0 Å². The first-order valence-electron chi connectivity index (χ1n) is 7.43. The van der Waals surface area contributed by atoms with Gasteiger partial charge in [0.05, 0.1) is 6.04 Å². The molecule has 0 aliphatic heterocycles. The van der Waals surface area contributed by atoms with Crippen molar-refractivity contribution in [3.05, 3.63) is 77.6 Å². The van der Waals surface area contributed by atoms with Crippen molar-refractivity contribution in [2.75, 3.05) is 7.05 Å². The number of rotatable bonds is 4. The molecule has 0 radical (unpaired) electrons. The molecule has 3 aromatic rings. The van der Waals surface area contributed by atoms with Crippen LogP contribution in [-0.2, 0) is 6.42 Å². The van der Waals surface area contributed by atoms with Crippen molar-refractivity contribution in [3.63, 3.8) is 0 Å². The molecule has 0 bridgehead atoms. The molecule has 0 spiro atoms. The minimum Gasteiger partial charge on any atom is -0.309 e. The van der Waals surface area contributed by atoms with Crippen LogP contribution >= 0.6 is 0 Å². The van der Waals surface area contributed by atoms with Crippen LogP contribution in [0.1, 0.15) is 29.7 Å². The van der Waals surface area contributed by atoms with E-state index in [4.69, 9.17) is 0 Å². The van der Waals surface area contributed by atoms with Crippen molar-refractivity contribution in [1.29, 1.82) is 0 Å². The molecule has 2 heteroatoms. The minimum absolute atomic E-state index is 0.189. The molecule has 2 aromatic carbocycles. The summed E-state index contributed by atoms with van der Waals surface area (Å²) in [5, 5.41) is 5.92. The number of hydrogen-bond donors (Lipinski definition) is 1. The Labute approximate surface area is 125 Å². The van der Waals surface area contributed by atoms with Crippen LogP contribution in [0.3, 0.4) is 0 Å². The SMILES string of the molecule is CCc1ccccc1C(NC)c1cccc2ccncc12. The largest absolute Gasteiger partial charge is 0.309 e. The van der Waals surface area contributed by atoms with Gasteiger partial charge >= 0.3 is 0 Å². The third-order valence-electron chi connectivity index (χ3n) is 4.06. The van der Waals surface area contributed by atoms with Gasteiger partial charge in [-0.15, -0.1) is 0 Å². The van der Waals surface area contributed by atoms with E-state index in [9.17, 15) is 0 Å². The number of nitrogens with zero attached hydrogens (tertiary/aromatic N) is 1. The van der Waals surface area contributed by atoms with E-state index in [0.717, 1.165) is 6.42 Å². The van der Waals surface area contributed by atoms with Gasteiger partial charge in [0.1, 0.15) is 0 Å². The summed E-state index contributed by atoms with van der Waals surface area (Å²) in [6, 6.07) is 17.4. The molecule has 2 nitrogen and oxygen atoms in total. The molecule has 0 amide bonds. The normalized spacial score (nSPS) is 12.5. The Morgan fingerprint density at radius 2 is 1.81 bits per heavy atom. The zero-order valence-corrected chi connectivity index (χ0v) is 12.5. The smallest absolute Gasteiger partial charge is 0.0583 e. The summed E-state index contributed by atoms with van der Waals surface area (Å²) in [5.41, 5.74) is 4.01. The first-order chi connectivity index (χ1) is 10.3. The third kappa shape index (κ3) is 2.55. The summed E-state index contributed by atoms with van der Waals surface area (Å²) in [5.74, 6) is 0. The predicted molar refractivity (Wildman–Crippen MR) is 88.5 cm³/mol. The molecule has 0 saturated heterocycles. The molecular formula is C19H20N2. The molecule has 0 fully saturated rings. The van der Waals surface area contributed by atoms with E-state index >= 15 is 0 Å². The molecule has 0 aliphatic carbocycles. The van der Waals surface area contributed by atoms with Crippen LogP contribution in [-0.4, -0.2) is 12.0 Å². The van der Waals surface area contributed by atoms with E-state index in [1.54, 1.807) is 0 Å². The van der Waals surface area contributed by atoms with Crippen molar-refractivity contribution in [1.82, 2.24) is 10.3 Å². The summed E-state index contributed by atoms with van der Waals surface area (Å²) in [6.07, 6.45) is 4.85. The molecule has 1 unspecified atom stereocenters. The molecule has 106 valence electrons. The van der Waals surface area contributed by atoms with Crippen LogP contribution in [0.15, 0.2) is 60.9 Å². The average molecular weight is 276 g/mol. The summed E-state index contributed by atoms with van der Waals surface area (Å²) >= 11 is 0. The lowest BCUT2D eigenvalue weighted by molar-refractivity contribution is 0.689. The van der Waals surface area contributed by atoms with E-state index in [2.05, 4.69) is 65.8 Å². The van der Waals surface area contributed by atoms with Crippen molar-refractivity contribution in [2.45, 2.75) is 19.4 Å². The predicted octanol–water partition coefficient (Wildman–Crippen LogP) is 4.11. The molecule has 1 atom stereocenters. The fourth-order valence-corrected chi connectivity index (χ4v) is 3.01. The molecule has 21 heavy (non-hydrogen) atoms. The van der Waals surface area contributed by atoms with Gasteiger partial charge in [0, 0.05) is 17.8 Å². The van der Waals surface area contributed by atoms with Crippen molar-refractivity contribution < 1.29 is 0 Å². The van der Waals surface area contributed by atoms with Crippen molar-refractivity contribution >= 4 is 10.8 Å². The Hall–Kier alpha value is -2.19. The van der Waals surface area contributed by atoms with Gasteiger partial charge in [-0.05, 0) is 41.6 Å². The van der Waals surface area contributed by atoms with E-state index in [1.807, 2.05) is 19.4 Å². The zero-order chi connectivity index (χ0) is 14.7. The Morgan fingerprint density at radius 1 is 1.00 bits per heavy atom. The van der Waals surface area contributed by atoms with Crippen LogP contribution in [0, 0.1) is 0 Å². The molecule has 0 saturated carbocycles. The Kier molecular flexibility index (Phi) is 3.98. The van der Waals surface area contributed by atoms with Gasteiger partial charge in [-0.2, -0.15) is 0 Å². The lowest BCUT2D eigenvalue weighted by Gasteiger charge is -2.21. The molecule has 3 rings (SSSR count). The number of hydrogen-bond acceptors (Lipinski definition) is 2. The van der Waals surface area contributed by atoms with Crippen LogP contribution in [0.2, 0.25) is 0 Å². The maximum absolute atomic E-state index is 4.30. The van der Waals surface area contributed by atoms with Crippen molar-refractivity contribution in [2.24, 2.45) is 0 Å². The lowest BCUT2D eigenvalue weighted by Crippen LogP contribution is -2.19. The monoisotopic (exact) mass is 276 g/mol. The van der Waals surface area contributed by atoms with Gasteiger partial charge in [0.15, 0.2) is 0 Å². The molecule has 1 heterocycles. The highest BCUT2D eigenvalue weighted by molar-refractivity contribution is 5.85. The number of pyridine rings is 1. The highest BCUT2D eigenvalue weighted by Gasteiger charge is 2.17. The average Bonchev–Trinajstić information content (AvgIpc) is 2.56. The van der Waals surface area contributed by atoms with Gasteiger partial charge < -0.3 is 5.32 Å². The second-order valence-corrected chi connectivity index (χ2v) is 5.22. The fourth-order valence-electron chi connectivity index (χ4n) is 3.01. The van der Waals surface area contributed by atoms with Gasteiger partial charge in [0.2, 0.25) is 0 Å².